The van der Waals surface area contributed by atoms with Crippen LogP contribution in [0.4, 0.5) is 0 Å². The highest BCUT2D eigenvalue weighted by Gasteiger charge is 2.39. The van der Waals surface area contributed by atoms with Crippen molar-refractivity contribution in [2.75, 3.05) is 0 Å². The maximum atomic E-state index is 10.7. The number of carbonyl (C=O) groups excluding carboxylic acids is 2. The highest BCUT2D eigenvalue weighted by atomic mass is 35.5. The van der Waals surface area contributed by atoms with Crippen molar-refractivity contribution in [1.82, 2.24) is 5.32 Å². The van der Waals surface area contributed by atoms with Crippen molar-refractivity contribution in [2.24, 2.45) is 11.5 Å². The molecule has 70 valence electrons. The van der Waals surface area contributed by atoms with Crippen molar-refractivity contribution in [3.8, 4) is 0 Å². The van der Waals surface area contributed by atoms with Gasteiger partial charge in [0.2, 0.25) is 5.91 Å². The van der Waals surface area contributed by atoms with Gasteiger partial charge in [-0.1, -0.05) is 0 Å². The molecule has 1 atom stereocenters. The van der Waals surface area contributed by atoms with Gasteiger partial charge in [0, 0.05) is 6.92 Å². The maximum absolute atomic E-state index is 10.7. The molecule has 0 saturated carbocycles. The van der Waals surface area contributed by atoms with Gasteiger partial charge >= 0.3 is 0 Å². The van der Waals surface area contributed by atoms with Crippen LogP contribution >= 0.6 is 23.2 Å². The van der Waals surface area contributed by atoms with Gasteiger partial charge in [-0.15, -0.1) is 23.2 Å². The van der Waals surface area contributed by atoms with Crippen molar-refractivity contribution < 1.29 is 9.59 Å². The van der Waals surface area contributed by atoms with E-state index in [4.69, 9.17) is 34.7 Å². The van der Waals surface area contributed by atoms with Crippen LogP contribution in [-0.2, 0) is 9.59 Å². The molecule has 0 bridgehead atoms. The van der Waals surface area contributed by atoms with Gasteiger partial charge in [-0.25, -0.2) is 0 Å². The van der Waals surface area contributed by atoms with E-state index in [1.807, 2.05) is 0 Å². The number of nitrogens with one attached hydrogen (secondary N) is 1. The third-order valence-corrected chi connectivity index (χ3v) is 1.82. The number of carbonyl (C=O) groups is 2. The Morgan fingerprint density at radius 3 is 2.00 bits per heavy atom. The number of primary amides is 1. The molecule has 0 spiro atoms. The Kier molecular flexibility index (Phi) is 3.76. The second-order valence-corrected chi connectivity index (χ2v) is 3.31. The summed E-state index contributed by atoms with van der Waals surface area (Å²) in [5.41, 5.74) is 8.28. The fraction of sp³-hybridized carbons (Fsp3) is 0.600. The van der Waals surface area contributed by atoms with Crippen LogP contribution in [0.15, 0.2) is 0 Å². The Balaban J connectivity index is 4.62. The summed E-state index contributed by atoms with van der Waals surface area (Å²) in [6, 6.07) is 0. The lowest BCUT2D eigenvalue weighted by molar-refractivity contribution is -0.130. The topological polar surface area (TPSA) is 98.2 Å². The predicted molar refractivity (Wildman–Crippen MR) is 45.4 cm³/mol. The molecule has 5 N–H and O–H groups in total. The van der Waals surface area contributed by atoms with E-state index < -0.39 is 22.3 Å². The largest absolute Gasteiger partial charge is 0.366 e. The normalized spacial score (nSPS) is 15.4. The van der Waals surface area contributed by atoms with Gasteiger partial charge in [-0.05, 0) is 0 Å². The molecule has 0 aromatic rings. The summed E-state index contributed by atoms with van der Waals surface area (Å²) in [5, 5.41) is 2.06. The molecular formula is C5H9Cl2N3O2. The Bertz CT molecular complexity index is 209. The smallest absolute Gasteiger partial charge is 0.260 e. The van der Waals surface area contributed by atoms with E-state index in [0.717, 1.165) is 0 Å². The van der Waals surface area contributed by atoms with E-state index in [2.05, 4.69) is 5.32 Å². The number of hydrogen-bond acceptors (Lipinski definition) is 3. The molecule has 2 amide bonds. The SMILES string of the molecule is CC(=O)NC(N)(C(N)=O)C(Cl)Cl. The molecule has 12 heavy (non-hydrogen) atoms. The Labute approximate surface area is 79.4 Å². The average molecular weight is 214 g/mol. The molecule has 0 heterocycles. The lowest BCUT2D eigenvalue weighted by atomic mass is 10.2. The summed E-state index contributed by atoms with van der Waals surface area (Å²) in [6.45, 7) is 1.17. The first-order chi connectivity index (χ1) is 5.30. The zero-order valence-corrected chi connectivity index (χ0v) is 7.82. The van der Waals surface area contributed by atoms with E-state index in [1.54, 1.807) is 0 Å². The fourth-order valence-corrected chi connectivity index (χ4v) is 0.839. The van der Waals surface area contributed by atoms with Crippen molar-refractivity contribution >= 4 is 35.0 Å². The predicted octanol–water partition coefficient (Wildman–Crippen LogP) is -0.933. The molecular weight excluding hydrogens is 205 g/mol. The number of hydrogen-bond donors (Lipinski definition) is 3. The second kappa shape index (κ2) is 3.93. The first-order valence-electron chi connectivity index (χ1n) is 2.96. The first-order valence-corrected chi connectivity index (χ1v) is 3.83. The molecule has 0 rings (SSSR count). The Morgan fingerprint density at radius 2 is 1.92 bits per heavy atom. The van der Waals surface area contributed by atoms with Crippen LogP contribution in [0.1, 0.15) is 6.92 Å². The van der Waals surface area contributed by atoms with Gasteiger partial charge in [0.1, 0.15) is 0 Å². The van der Waals surface area contributed by atoms with Gasteiger partial charge < -0.3 is 11.1 Å². The van der Waals surface area contributed by atoms with Crippen LogP contribution in [0.5, 0.6) is 0 Å². The summed E-state index contributed by atoms with van der Waals surface area (Å²) < 4.78 is 0. The lowest BCUT2D eigenvalue weighted by Crippen LogP contribution is -2.67. The lowest BCUT2D eigenvalue weighted by Gasteiger charge is -2.27. The van der Waals surface area contributed by atoms with E-state index in [0.29, 0.717) is 0 Å². The van der Waals surface area contributed by atoms with Crippen LogP contribution in [0.25, 0.3) is 0 Å². The number of halogens is 2. The number of alkyl halides is 2. The third kappa shape index (κ3) is 2.51. The summed E-state index contributed by atoms with van der Waals surface area (Å²) in [7, 11) is 0. The number of amides is 2. The Morgan fingerprint density at radius 1 is 1.50 bits per heavy atom. The van der Waals surface area contributed by atoms with Gasteiger partial charge in [-0.3, -0.25) is 15.3 Å². The molecule has 0 aliphatic carbocycles. The van der Waals surface area contributed by atoms with Gasteiger partial charge in [0.15, 0.2) is 10.5 Å². The maximum Gasteiger partial charge on any atom is 0.260 e. The van der Waals surface area contributed by atoms with Crippen molar-refractivity contribution in [3.63, 3.8) is 0 Å². The van der Waals surface area contributed by atoms with Crippen LogP contribution in [0.3, 0.4) is 0 Å². The summed E-state index contributed by atoms with van der Waals surface area (Å²) >= 11 is 10.7. The summed E-state index contributed by atoms with van der Waals surface area (Å²) in [5.74, 6) is -1.53. The molecule has 0 radical (unpaired) electrons. The minimum Gasteiger partial charge on any atom is -0.366 e. The van der Waals surface area contributed by atoms with Crippen molar-refractivity contribution in [1.29, 1.82) is 0 Å². The highest BCUT2D eigenvalue weighted by Crippen LogP contribution is 2.14. The molecule has 7 heteroatoms. The van der Waals surface area contributed by atoms with Gasteiger partial charge in [-0.2, -0.15) is 0 Å². The zero-order chi connectivity index (χ0) is 9.94. The summed E-state index contributed by atoms with van der Waals surface area (Å²) in [4.78, 5) is 20.0. The van der Waals surface area contributed by atoms with E-state index in [9.17, 15) is 9.59 Å². The second-order valence-electron chi connectivity index (χ2n) is 2.22. The van der Waals surface area contributed by atoms with Crippen molar-refractivity contribution in [2.45, 2.75) is 17.4 Å². The molecule has 0 aromatic heterocycles. The standard InChI is InChI=1S/C5H9Cl2N3O2/c1-2(11)10-5(9,3(6)7)4(8)12/h3H,9H2,1H3,(H2,8,12)(H,10,11). The zero-order valence-electron chi connectivity index (χ0n) is 6.30. The summed E-state index contributed by atoms with van der Waals surface area (Å²) in [6.07, 6.45) is 0. The van der Waals surface area contributed by atoms with Gasteiger partial charge in [0.25, 0.3) is 5.91 Å². The van der Waals surface area contributed by atoms with E-state index in [1.165, 1.54) is 6.92 Å². The molecule has 0 aliphatic rings. The quantitative estimate of drug-likeness (QED) is 0.418. The van der Waals surface area contributed by atoms with E-state index in [-0.39, 0.29) is 0 Å². The fourth-order valence-electron chi connectivity index (χ4n) is 0.515. The van der Waals surface area contributed by atoms with Crippen molar-refractivity contribution in [3.05, 3.63) is 0 Å². The minimum atomic E-state index is -1.91. The number of nitrogens with two attached hydrogens (primary N) is 2. The van der Waals surface area contributed by atoms with Crippen LogP contribution in [0, 0.1) is 0 Å². The van der Waals surface area contributed by atoms with Crippen LogP contribution in [0.2, 0.25) is 0 Å². The molecule has 0 saturated heterocycles. The molecule has 0 fully saturated rings. The monoisotopic (exact) mass is 213 g/mol. The molecule has 5 nitrogen and oxygen atoms in total. The highest BCUT2D eigenvalue weighted by molar-refractivity contribution is 6.46. The minimum absolute atomic E-state index is 0.539. The third-order valence-electron chi connectivity index (χ3n) is 1.13. The molecule has 0 aliphatic heterocycles. The van der Waals surface area contributed by atoms with Crippen LogP contribution in [-0.4, -0.2) is 22.3 Å². The average Bonchev–Trinajstić information content (AvgIpc) is 1.84. The number of rotatable bonds is 3. The van der Waals surface area contributed by atoms with Crippen LogP contribution < -0.4 is 16.8 Å². The van der Waals surface area contributed by atoms with E-state index >= 15 is 0 Å². The molecule has 1 unspecified atom stereocenters. The van der Waals surface area contributed by atoms with Gasteiger partial charge in [0.05, 0.1) is 0 Å². The molecule has 0 aromatic carbocycles. The Hall–Kier alpha value is -0.520. The first kappa shape index (κ1) is 11.5.